The van der Waals surface area contributed by atoms with Gasteiger partial charge in [-0.3, -0.25) is 9.88 Å². The fraction of sp³-hybridized carbons (Fsp3) is 0.583. The molecule has 2 rings (SSSR count). The molecule has 1 aromatic rings. The zero-order valence-electron chi connectivity index (χ0n) is 9.89. The molecule has 0 unspecified atom stereocenters. The van der Waals surface area contributed by atoms with Crippen LogP contribution in [-0.2, 0) is 13.1 Å². The standard InChI is InChI=1S/C12H20N4/c1-15-5-7-16(8-6-15)10-12-4-2-3-11(9-13)14-12/h2-4H,5-10,13H2,1H3. The summed E-state index contributed by atoms with van der Waals surface area (Å²) in [5.74, 6) is 0. The SMILES string of the molecule is CN1CCN(Cc2cccc(CN)n2)CC1. The Labute approximate surface area is 97.1 Å². The van der Waals surface area contributed by atoms with Crippen LogP contribution in [0.1, 0.15) is 11.4 Å². The lowest BCUT2D eigenvalue weighted by atomic mass is 10.2. The van der Waals surface area contributed by atoms with Crippen molar-refractivity contribution in [3.8, 4) is 0 Å². The van der Waals surface area contributed by atoms with Crippen LogP contribution in [-0.4, -0.2) is 48.0 Å². The second kappa shape index (κ2) is 5.39. The average Bonchev–Trinajstić information content (AvgIpc) is 2.32. The molecule has 1 aliphatic heterocycles. The number of pyridine rings is 1. The molecule has 0 aliphatic carbocycles. The smallest absolute Gasteiger partial charge is 0.0547 e. The molecule has 1 saturated heterocycles. The molecule has 1 aromatic heterocycles. The molecule has 4 nitrogen and oxygen atoms in total. The summed E-state index contributed by atoms with van der Waals surface area (Å²) in [6.45, 7) is 6.03. The first-order chi connectivity index (χ1) is 7.78. The molecule has 0 bridgehead atoms. The van der Waals surface area contributed by atoms with E-state index in [1.165, 1.54) is 0 Å². The van der Waals surface area contributed by atoms with Crippen molar-refractivity contribution in [3.05, 3.63) is 29.6 Å². The lowest BCUT2D eigenvalue weighted by Gasteiger charge is -2.32. The fourth-order valence-corrected chi connectivity index (χ4v) is 1.97. The van der Waals surface area contributed by atoms with Gasteiger partial charge >= 0.3 is 0 Å². The Kier molecular flexibility index (Phi) is 3.88. The minimum absolute atomic E-state index is 0.524. The Morgan fingerprint density at radius 3 is 2.56 bits per heavy atom. The highest BCUT2D eigenvalue weighted by Gasteiger charge is 2.14. The van der Waals surface area contributed by atoms with Crippen molar-refractivity contribution in [2.75, 3.05) is 33.2 Å². The van der Waals surface area contributed by atoms with E-state index in [0.29, 0.717) is 6.54 Å². The van der Waals surface area contributed by atoms with Crippen LogP contribution in [0.2, 0.25) is 0 Å². The number of hydrogen-bond donors (Lipinski definition) is 1. The van der Waals surface area contributed by atoms with Crippen molar-refractivity contribution < 1.29 is 0 Å². The topological polar surface area (TPSA) is 45.4 Å². The van der Waals surface area contributed by atoms with E-state index in [1.807, 2.05) is 12.1 Å². The molecular weight excluding hydrogens is 200 g/mol. The van der Waals surface area contributed by atoms with E-state index in [9.17, 15) is 0 Å². The van der Waals surface area contributed by atoms with Gasteiger partial charge in [0.05, 0.1) is 11.4 Å². The zero-order chi connectivity index (χ0) is 11.4. The van der Waals surface area contributed by atoms with Gasteiger partial charge in [0.25, 0.3) is 0 Å². The maximum Gasteiger partial charge on any atom is 0.0547 e. The summed E-state index contributed by atoms with van der Waals surface area (Å²) in [6, 6.07) is 6.10. The quantitative estimate of drug-likeness (QED) is 0.795. The first-order valence-electron chi connectivity index (χ1n) is 5.83. The van der Waals surface area contributed by atoms with Crippen LogP contribution in [0.15, 0.2) is 18.2 Å². The van der Waals surface area contributed by atoms with E-state index >= 15 is 0 Å². The van der Waals surface area contributed by atoms with E-state index < -0.39 is 0 Å². The van der Waals surface area contributed by atoms with E-state index in [1.54, 1.807) is 0 Å². The first kappa shape index (κ1) is 11.5. The van der Waals surface area contributed by atoms with Gasteiger partial charge in [-0.25, -0.2) is 0 Å². The van der Waals surface area contributed by atoms with Crippen molar-refractivity contribution in [2.45, 2.75) is 13.1 Å². The summed E-state index contributed by atoms with van der Waals surface area (Å²) in [4.78, 5) is 9.33. The Hall–Kier alpha value is -0.970. The molecule has 0 radical (unpaired) electrons. The van der Waals surface area contributed by atoms with Gasteiger partial charge in [0.15, 0.2) is 0 Å². The van der Waals surface area contributed by atoms with Crippen molar-refractivity contribution in [3.63, 3.8) is 0 Å². The maximum absolute atomic E-state index is 5.59. The summed E-state index contributed by atoms with van der Waals surface area (Å²) in [5, 5.41) is 0. The normalized spacial score (nSPS) is 18.9. The van der Waals surface area contributed by atoms with Crippen molar-refractivity contribution >= 4 is 0 Å². The van der Waals surface area contributed by atoms with Crippen molar-refractivity contribution in [1.29, 1.82) is 0 Å². The lowest BCUT2D eigenvalue weighted by molar-refractivity contribution is 0.147. The van der Waals surface area contributed by atoms with Gasteiger partial charge in [-0.05, 0) is 19.2 Å². The molecule has 0 atom stereocenters. The molecule has 1 aliphatic rings. The second-order valence-corrected chi connectivity index (χ2v) is 4.40. The Morgan fingerprint density at radius 1 is 1.19 bits per heavy atom. The average molecular weight is 220 g/mol. The van der Waals surface area contributed by atoms with Crippen LogP contribution >= 0.6 is 0 Å². The number of piperazine rings is 1. The van der Waals surface area contributed by atoms with Crippen LogP contribution in [0.4, 0.5) is 0 Å². The molecule has 0 aromatic carbocycles. The number of rotatable bonds is 3. The van der Waals surface area contributed by atoms with Gasteiger partial charge < -0.3 is 10.6 Å². The molecule has 1 fully saturated rings. The molecule has 0 amide bonds. The van der Waals surface area contributed by atoms with Gasteiger partial charge in [0, 0.05) is 39.3 Å². The monoisotopic (exact) mass is 220 g/mol. The third kappa shape index (κ3) is 3.01. The zero-order valence-corrected chi connectivity index (χ0v) is 9.89. The predicted octanol–water partition coefficient (Wildman–Crippen LogP) is 0.288. The minimum Gasteiger partial charge on any atom is -0.325 e. The van der Waals surface area contributed by atoms with Crippen molar-refractivity contribution in [1.82, 2.24) is 14.8 Å². The van der Waals surface area contributed by atoms with E-state index in [-0.39, 0.29) is 0 Å². The fourth-order valence-electron chi connectivity index (χ4n) is 1.97. The van der Waals surface area contributed by atoms with Crippen LogP contribution in [0, 0.1) is 0 Å². The lowest BCUT2D eigenvalue weighted by Crippen LogP contribution is -2.44. The van der Waals surface area contributed by atoms with E-state index in [2.05, 4.69) is 27.9 Å². The largest absolute Gasteiger partial charge is 0.325 e. The Balaban J connectivity index is 1.93. The van der Waals surface area contributed by atoms with Gasteiger partial charge in [-0.15, -0.1) is 0 Å². The minimum atomic E-state index is 0.524. The van der Waals surface area contributed by atoms with Gasteiger partial charge in [-0.2, -0.15) is 0 Å². The van der Waals surface area contributed by atoms with Gasteiger partial charge in [-0.1, -0.05) is 6.07 Å². The number of nitrogens with two attached hydrogens (primary N) is 1. The molecule has 88 valence electrons. The first-order valence-corrected chi connectivity index (χ1v) is 5.83. The van der Waals surface area contributed by atoms with E-state index in [0.717, 1.165) is 44.1 Å². The van der Waals surface area contributed by atoms with Gasteiger partial charge in [0.2, 0.25) is 0 Å². The number of hydrogen-bond acceptors (Lipinski definition) is 4. The molecule has 0 spiro atoms. The summed E-state index contributed by atoms with van der Waals surface area (Å²) >= 11 is 0. The van der Waals surface area contributed by atoms with Crippen LogP contribution in [0.3, 0.4) is 0 Å². The maximum atomic E-state index is 5.59. The summed E-state index contributed by atoms with van der Waals surface area (Å²) in [7, 11) is 2.17. The highest BCUT2D eigenvalue weighted by molar-refractivity contribution is 5.11. The van der Waals surface area contributed by atoms with E-state index in [4.69, 9.17) is 5.73 Å². The molecule has 2 N–H and O–H groups in total. The van der Waals surface area contributed by atoms with Crippen LogP contribution in [0.25, 0.3) is 0 Å². The summed E-state index contributed by atoms with van der Waals surface area (Å²) in [5.41, 5.74) is 7.70. The molecule has 16 heavy (non-hydrogen) atoms. The van der Waals surface area contributed by atoms with Crippen molar-refractivity contribution in [2.24, 2.45) is 5.73 Å². The molecular formula is C12H20N4. The number of nitrogens with zero attached hydrogens (tertiary/aromatic N) is 3. The number of aromatic nitrogens is 1. The Morgan fingerprint density at radius 2 is 1.88 bits per heavy atom. The highest BCUT2D eigenvalue weighted by Crippen LogP contribution is 2.06. The third-order valence-electron chi connectivity index (χ3n) is 3.06. The molecule has 2 heterocycles. The summed E-state index contributed by atoms with van der Waals surface area (Å²) in [6.07, 6.45) is 0. The highest BCUT2D eigenvalue weighted by atomic mass is 15.2. The summed E-state index contributed by atoms with van der Waals surface area (Å²) < 4.78 is 0. The molecule has 0 saturated carbocycles. The van der Waals surface area contributed by atoms with Crippen LogP contribution in [0.5, 0.6) is 0 Å². The second-order valence-electron chi connectivity index (χ2n) is 4.40. The molecule has 4 heteroatoms. The Bertz CT molecular complexity index is 332. The van der Waals surface area contributed by atoms with Gasteiger partial charge in [0.1, 0.15) is 0 Å². The third-order valence-corrected chi connectivity index (χ3v) is 3.06. The van der Waals surface area contributed by atoms with Crippen LogP contribution < -0.4 is 5.73 Å². The number of likely N-dealkylation sites (N-methyl/N-ethyl adjacent to an activating group) is 1. The predicted molar refractivity (Wildman–Crippen MR) is 64.9 cm³/mol.